The summed E-state index contributed by atoms with van der Waals surface area (Å²) in [5.41, 5.74) is 0.135. The molecule has 0 bridgehead atoms. The van der Waals surface area contributed by atoms with Gasteiger partial charge in [-0.2, -0.15) is 0 Å². The van der Waals surface area contributed by atoms with Crippen LogP contribution in [-0.4, -0.2) is 19.3 Å². The van der Waals surface area contributed by atoms with E-state index in [4.69, 9.17) is 11.6 Å². The van der Waals surface area contributed by atoms with Crippen molar-refractivity contribution in [3.8, 4) is 5.75 Å². The SMILES string of the molecule is CCS(=O)(=O)Nc1ccc(Cl)cc1O. The lowest BCUT2D eigenvalue weighted by Crippen LogP contribution is -2.14. The highest BCUT2D eigenvalue weighted by molar-refractivity contribution is 7.92. The third-order valence-electron chi connectivity index (χ3n) is 1.61. The van der Waals surface area contributed by atoms with Crippen LogP contribution < -0.4 is 4.72 Å². The van der Waals surface area contributed by atoms with Crippen LogP contribution in [0.25, 0.3) is 0 Å². The molecule has 0 amide bonds. The van der Waals surface area contributed by atoms with Gasteiger partial charge in [0.2, 0.25) is 10.0 Å². The molecule has 14 heavy (non-hydrogen) atoms. The molecular weight excluding hydrogens is 226 g/mol. The molecule has 0 fully saturated rings. The van der Waals surface area contributed by atoms with E-state index in [0.29, 0.717) is 5.02 Å². The summed E-state index contributed by atoms with van der Waals surface area (Å²) in [5, 5.41) is 9.69. The molecule has 0 aliphatic rings. The number of hydrogen-bond acceptors (Lipinski definition) is 3. The maximum absolute atomic E-state index is 11.2. The maximum Gasteiger partial charge on any atom is 0.232 e. The van der Waals surface area contributed by atoms with Gasteiger partial charge in [-0.3, -0.25) is 4.72 Å². The first-order chi connectivity index (χ1) is 6.44. The van der Waals surface area contributed by atoms with Crippen LogP contribution in [-0.2, 0) is 10.0 Å². The quantitative estimate of drug-likeness (QED) is 0.786. The van der Waals surface area contributed by atoms with E-state index in [9.17, 15) is 13.5 Å². The lowest BCUT2D eigenvalue weighted by Gasteiger charge is -2.07. The molecule has 6 heteroatoms. The molecular formula is C8H10ClNO3S. The Labute approximate surface area is 87.6 Å². The largest absolute Gasteiger partial charge is 0.506 e. The summed E-state index contributed by atoms with van der Waals surface area (Å²) in [4.78, 5) is 0. The smallest absolute Gasteiger partial charge is 0.232 e. The van der Waals surface area contributed by atoms with Crippen molar-refractivity contribution < 1.29 is 13.5 Å². The predicted octanol–water partition coefficient (Wildman–Crippen LogP) is 1.81. The summed E-state index contributed by atoms with van der Waals surface area (Å²) in [6.45, 7) is 1.51. The third-order valence-corrected chi connectivity index (χ3v) is 3.13. The normalized spacial score (nSPS) is 11.3. The second kappa shape index (κ2) is 4.06. The van der Waals surface area contributed by atoms with Gasteiger partial charge in [0.05, 0.1) is 11.4 Å². The van der Waals surface area contributed by atoms with E-state index >= 15 is 0 Å². The Morgan fingerprint density at radius 2 is 2.14 bits per heavy atom. The van der Waals surface area contributed by atoms with E-state index in [1.807, 2.05) is 0 Å². The fourth-order valence-electron chi connectivity index (χ4n) is 0.831. The average molecular weight is 236 g/mol. The van der Waals surface area contributed by atoms with Crippen LogP contribution in [0.5, 0.6) is 5.75 Å². The minimum atomic E-state index is -3.36. The molecule has 4 nitrogen and oxygen atoms in total. The summed E-state index contributed by atoms with van der Waals surface area (Å²) in [5.74, 6) is -0.232. The predicted molar refractivity (Wildman–Crippen MR) is 56.2 cm³/mol. The first-order valence-corrected chi connectivity index (χ1v) is 5.96. The van der Waals surface area contributed by atoms with Gasteiger partial charge in [0, 0.05) is 11.1 Å². The zero-order valence-electron chi connectivity index (χ0n) is 7.49. The topological polar surface area (TPSA) is 66.4 Å². The molecule has 2 N–H and O–H groups in total. The number of hydrogen-bond donors (Lipinski definition) is 2. The molecule has 0 aliphatic heterocycles. The highest BCUT2D eigenvalue weighted by Crippen LogP contribution is 2.27. The molecule has 0 saturated heterocycles. The van der Waals surface area contributed by atoms with Crippen molar-refractivity contribution in [2.45, 2.75) is 6.92 Å². The van der Waals surface area contributed by atoms with Gasteiger partial charge in [-0.25, -0.2) is 8.42 Å². The Bertz CT molecular complexity index is 430. The monoisotopic (exact) mass is 235 g/mol. The highest BCUT2D eigenvalue weighted by atomic mass is 35.5. The molecule has 0 spiro atoms. The summed E-state index contributed by atoms with van der Waals surface area (Å²) < 4.78 is 24.5. The van der Waals surface area contributed by atoms with Crippen molar-refractivity contribution >= 4 is 27.3 Å². The minimum absolute atomic E-state index is 0.0466. The van der Waals surface area contributed by atoms with Crippen LogP contribution in [0.1, 0.15) is 6.92 Å². The molecule has 78 valence electrons. The number of phenolic OH excluding ortho intramolecular Hbond substituents is 1. The van der Waals surface area contributed by atoms with Gasteiger partial charge in [-0.05, 0) is 19.1 Å². The fraction of sp³-hybridized carbons (Fsp3) is 0.250. The van der Waals surface area contributed by atoms with Crippen LogP contribution in [0.3, 0.4) is 0 Å². The lowest BCUT2D eigenvalue weighted by molar-refractivity contribution is 0.477. The molecule has 0 heterocycles. The number of anilines is 1. The van der Waals surface area contributed by atoms with Crippen molar-refractivity contribution in [2.75, 3.05) is 10.5 Å². The molecule has 1 aromatic rings. The van der Waals surface area contributed by atoms with Gasteiger partial charge in [-0.1, -0.05) is 11.6 Å². The molecule has 0 atom stereocenters. The van der Waals surface area contributed by atoms with E-state index in [-0.39, 0.29) is 17.2 Å². The van der Waals surface area contributed by atoms with Crippen molar-refractivity contribution in [2.24, 2.45) is 0 Å². The van der Waals surface area contributed by atoms with Gasteiger partial charge in [0.1, 0.15) is 5.75 Å². The van der Waals surface area contributed by atoms with Crippen LogP contribution in [0.4, 0.5) is 5.69 Å². The number of rotatable bonds is 3. The van der Waals surface area contributed by atoms with E-state index in [2.05, 4.69) is 4.72 Å². The lowest BCUT2D eigenvalue weighted by atomic mass is 10.3. The van der Waals surface area contributed by atoms with E-state index in [1.54, 1.807) is 0 Å². The number of phenols is 1. The number of halogens is 1. The van der Waals surface area contributed by atoms with E-state index < -0.39 is 10.0 Å². The average Bonchev–Trinajstić information content (AvgIpc) is 2.10. The number of aromatic hydroxyl groups is 1. The molecule has 0 aliphatic carbocycles. The summed E-state index contributed by atoms with van der Waals surface area (Å²) in [7, 11) is -3.36. The summed E-state index contributed by atoms with van der Waals surface area (Å²) in [6, 6.07) is 4.18. The third kappa shape index (κ3) is 2.78. The Morgan fingerprint density at radius 3 is 2.64 bits per heavy atom. The fourth-order valence-corrected chi connectivity index (χ4v) is 1.65. The number of sulfonamides is 1. The van der Waals surface area contributed by atoms with Crippen molar-refractivity contribution in [1.82, 2.24) is 0 Å². The Kier molecular flexibility index (Phi) is 3.23. The van der Waals surface area contributed by atoms with Crippen LogP contribution >= 0.6 is 11.6 Å². The van der Waals surface area contributed by atoms with Gasteiger partial charge < -0.3 is 5.11 Å². The standard InChI is InChI=1S/C8H10ClNO3S/c1-2-14(12,13)10-7-4-3-6(9)5-8(7)11/h3-5,10-11H,2H2,1H3. The summed E-state index contributed by atoms with van der Waals surface area (Å²) in [6.07, 6.45) is 0. The molecule has 0 radical (unpaired) electrons. The van der Waals surface area contributed by atoms with Crippen LogP contribution in [0.2, 0.25) is 5.02 Å². The van der Waals surface area contributed by atoms with Crippen LogP contribution in [0, 0.1) is 0 Å². The molecule has 0 saturated carbocycles. The van der Waals surface area contributed by atoms with E-state index in [1.165, 1.54) is 25.1 Å². The molecule has 0 aromatic heterocycles. The zero-order valence-corrected chi connectivity index (χ0v) is 9.06. The Hall–Kier alpha value is -0.940. The van der Waals surface area contributed by atoms with Crippen molar-refractivity contribution in [1.29, 1.82) is 0 Å². The minimum Gasteiger partial charge on any atom is -0.506 e. The van der Waals surface area contributed by atoms with Crippen LogP contribution in [0.15, 0.2) is 18.2 Å². The Balaban J connectivity index is 2.99. The molecule has 1 aromatic carbocycles. The number of benzene rings is 1. The Morgan fingerprint density at radius 1 is 1.50 bits per heavy atom. The van der Waals surface area contributed by atoms with Gasteiger partial charge in [-0.15, -0.1) is 0 Å². The van der Waals surface area contributed by atoms with Gasteiger partial charge in [0.25, 0.3) is 0 Å². The molecule has 1 rings (SSSR count). The second-order valence-electron chi connectivity index (χ2n) is 2.67. The van der Waals surface area contributed by atoms with Gasteiger partial charge >= 0.3 is 0 Å². The second-order valence-corrected chi connectivity index (χ2v) is 5.11. The first-order valence-electron chi connectivity index (χ1n) is 3.93. The van der Waals surface area contributed by atoms with Crippen molar-refractivity contribution in [3.05, 3.63) is 23.2 Å². The van der Waals surface area contributed by atoms with Crippen molar-refractivity contribution in [3.63, 3.8) is 0 Å². The molecule has 0 unspecified atom stereocenters. The highest BCUT2D eigenvalue weighted by Gasteiger charge is 2.09. The summed E-state index contributed by atoms with van der Waals surface area (Å²) >= 11 is 5.58. The number of nitrogens with one attached hydrogen (secondary N) is 1. The first kappa shape index (κ1) is 11.1. The maximum atomic E-state index is 11.2. The van der Waals surface area contributed by atoms with E-state index in [0.717, 1.165) is 0 Å². The van der Waals surface area contributed by atoms with Gasteiger partial charge in [0.15, 0.2) is 0 Å². The zero-order chi connectivity index (χ0) is 10.8.